The molecule has 1 aliphatic heterocycles. The lowest BCUT2D eigenvalue weighted by molar-refractivity contribution is 0.571. The molecule has 0 spiro atoms. The molecule has 0 amide bonds. The molecule has 21 heavy (non-hydrogen) atoms. The van der Waals surface area contributed by atoms with Crippen LogP contribution >= 0.6 is 0 Å². The van der Waals surface area contributed by atoms with Crippen LogP contribution < -0.4 is 9.03 Å². The molecule has 1 N–H and O–H groups in total. The lowest BCUT2D eigenvalue weighted by Gasteiger charge is -2.30. The molecule has 5 nitrogen and oxygen atoms in total. The van der Waals surface area contributed by atoms with Gasteiger partial charge in [0.05, 0.1) is 5.69 Å². The highest BCUT2D eigenvalue weighted by atomic mass is 32.2. The average Bonchev–Trinajstić information content (AvgIpc) is 2.53. The van der Waals surface area contributed by atoms with Crippen LogP contribution in [0.4, 0.5) is 5.69 Å². The summed E-state index contributed by atoms with van der Waals surface area (Å²) in [6.07, 6.45) is 5.07. The smallest absolute Gasteiger partial charge is 0.265 e. The molecule has 0 saturated heterocycles. The molecular formula is C15H17N3O2S. The second-order valence-electron chi connectivity index (χ2n) is 4.99. The molecule has 2 aromatic rings. The van der Waals surface area contributed by atoms with Gasteiger partial charge in [0.25, 0.3) is 0 Å². The molecule has 1 aromatic heterocycles. The highest BCUT2D eigenvalue weighted by molar-refractivity contribution is 7.90. The Labute approximate surface area is 124 Å². The maximum absolute atomic E-state index is 12.5. The molecule has 0 aliphatic carbocycles. The van der Waals surface area contributed by atoms with Gasteiger partial charge in [-0.1, -0.05) is 18.2 Å². The summed E-state index contributed by atoms with van der Waals surface area (Å²) in [6, 6.07) is 11.3. The zero-order valence-electron chi connectivity index (χ0n) is 11.6. The molecule has 0 atom stereocenters. The molecule has 0 bridgehead atoms. The van der Waals surface area contributed by atoms with Crippen molar-refractivity contribution in [3.8, 4) is 0 Å². The van der Waals surface area contributed by atoms with Crippen molar-refractivity contribution in [1.82, 2.24) is 9.71 Å². The van der Waals surface area contributed by atoms with Crippen molar-refractivity contribution in [3.05, 3.63) is 59.9 Å². The lowest BCUT2D eigenvalue weighted by atomic mass is 10.0. The molecule has 0 fully saturated rings. The minimum Gasteiger partial charge on any atom is -0.265 e. The first-order valence-electron chi connectivity index (χ1n) is 6.91. The zero-order valence-corrected chi connectivity index (χ0v) is 12.4. The first kappa shape index (κ1) is 14.0. The van der Waals surface area contributed by atoms with Crippen LogP contribution in [0.2, 0.25) is 0 Å². The Morgan fingerprint density at radius 1 is 1.14 bits per heavy atom. The summed E-state index contributed by atoms with van der Waals surface area (Å²) in [5, 5.41) is 0. The Kier molecular flexibility index (Phi) is 3.90. The first-order chi connectivity index (χ1) is 10.2. The van der Waals surface area contributed by atoms with Gasteiger partial charge in [-0.3, -0.25) is 9.29 Å². The van der Waals surface area contributed by atoms with Crippen LogP contribution in [0.5, 0.6) is 0 Å². The molecule has 1 aliphatic rings. The van der Waals surface area contributed by atoms with Crippen LogP contribution in [-0.2, 0) is 23.2 Å². The van der Waals surface area contributed by atoms with Crippen molar-refractivity contribution in [2.45, 2.75) is 19.4 Å². The molecule has 3 rings (SSSR count). The van der Waals surface area contributed by atoms with Crippen LogP contribution in [0.25, 0.3) is 0 Å². The van der Waals surface area contributed by atoms with Gasteiger partial charge in [-0.05, 0) is 42.2 Å². The monoisotopic (exact) mass is 303 g/mol. The predicted molar refractivity (Wildman–Crippen MR) is 82.1 cm³/mol. The fourth-order valence-electron chi connectivity index (χ4n) is 2.50. The van der Waals surface area contributed by atoms with Crippen LogP contribution in [0, 0.1) is 0 Å². The summed E-state index contributed by atoms with van der Waals surface area (Å²) < 4.78 is 29.2. The van der Waals surface area contributed by atoms with Crippen molar-refractivity contribution in [2.24, 2.45) is 0 Å². The van der Waals surface area contributed by atoms with E-state index in [0.29, 0.717) is 6.54 Å². The first-order valence-corrected chi connectivity index (χ1v) is 8.35. The van der Waals surface area contributed by atoms with Crippen molar-refractivity contribution in [3.63, 3.8) is 0 Å². The third-order valence-corrected chi connectivity index (χ3v) is 5.03. The summed E-state index contributed by atoms with van der Waals surface area (Å²) in [5.41, 5.74) is 2.75. The quantitative estimate of drug-likeness (QED) is 0.938. The Bertz CT molecular complexity index is 717. The number of pyridine rings is 1. The van der Waals surface area contributed by atoms with Crippen LogP contribution in [0.3, 0.4) is 0 Å². The van der Waals surface area contributed by atoms with Gasteiger partial charge in [-0.25, -0.2) is 0 Å². The second kappa shape index (κ2) is 5.83. The molecular weight excluding hydrogens is 286 g/mol. The minimum absolute atomic E-state index is 0.267. The van der Waals surface area contributed by atoms with Gasteiger partial charge in [0.15, 0.2) is 0 Å². The topological polar surface area (TPSA) is 62.3 Å². The van der Waals surface area contributed by atoms with E-state index in [0.717, 1.165) is 29.7 Å². The number of aromatic nitrogens is 1. The van der Waals surface area contributed by atoms with E-state index in [1.165, 1.54) is 4.31 Å². The highest BCUT2D eigenvalue weighted by Gasteiger charge is 2.26. The predicted octanol–water partition coefficient (Wildman–Crippen LogP) is 1.87. The van der Waals surface area contributed by atoms with E-state index in [1.54, 1.807) is 24.5 Å². The summed E-state index contributed by atoms with van der Waals surface area (Å²) in [4.78, 5) is 3.92. The normalized spacial score (nSPS) is 14.8. The van der Waals surface area contributed by atoms with Crippen LogP contribution in [0.1, 0.15) is 17.5 Å². The molecule has 0 radical (unpaired) electrons. The summed E-state index contributed by atoms with van der Waals surface area (Å²) in [5.74, 6) is 0. The summed E-state index contributed by atoms with van der Waals surface area (Å²) in [6.45, 7) is 0.784. The molecule has 6 heteroatoms. The Morgan fingerprint density at radius 3 is 2.71 bits per heavy atom. The van der Waals surface area contributed by atoms with Gasteiger partial charge in [0.2, 0.25) is 0 Å². The van der Waals surface area contributed by atoms with E-state index in [9.17, 15) is 8.42 Å². The number of rotatable bonds is 4. The van der Waals surface area contributed by atoms with Crippen molar-refractivity contribution in [2.75, 3.05) is 10.8 Å². The second-order valence-corrected chi connectivity index (χ2v) is 6.67. The fraction of sp³-hybridized carbons (Fsp3) is 0.267. The van der Waals surface area contributed by atoms with Crippen molar-refractivity contribution < 1.29 is 8.42 Å². The number of hydrogen-bond donors (Lipinski definition) is 1. The van der Waals surface area contributed by atoms with Crippen LogP contribution in [-0.4, -0.2) is 19.9 Å². The Balaban J connectivity index is 1.80. The van der Waals surface area contributed by atoms with Gasteiger partial charge in [0, 0.05) is 25.5 Å². The Hall–Kier alpha value is -1.92. The number of fused-ring (bicyclic) bond motifs is 1. The molecule has 0 saturated carbocycles. The van der Waals surface area contributed by atoms with Crippen molar-refractivity contribution in [1.29, 1.82) is 0 Å². The minimum atomic E-state index is -3.53. The molecule has 110 valence electrons. The number of anilines is 1. The number of para-hydroxylation sites is 1. The third-order valence-electron chi connectivity index (χ3n) is 3.57. The number of aryl methyl sites for hydroxylation is 1. The van der Waals surface area contributed by atoms with Gasteiger partial charge in [0.1, 0.15) is 0 Å². The zero-order chi connectivity index (χ0) is 14.7. The van der Waals surface area contributed by atoms with E-state index in [1.807, 2.05) is 24.3 Å². The maximum atomic E-state index is 12.5. The van der Waals surface area contributed by atoms with Gasteiger partial charge in [-0.2, -0.15) is 13.1 Å². The Morgan fingerprint density at radius 2 is 1.90 bits per heavy atom. The summed E-state index contributed by atoms with van der Waals surface area (Å²) in [7, 11) is -3.53. The fourth-order valence-corrected chi connectivity index (χ4v) is 3.81. The number of nitrogens with zero attached hydrogens (tertiary/aromatic N) is 2. The SMILES string of the molecule is O=S(=O)(NCc1ccncc1)N1CCCc2ccccc21. The highest BCUT2D eigenvalue weighted by Crippen LogP contribution is 2.28. The van der Waals surface area contributed by atoms with E-state index in [4.69, 9.17) is 0 Å². The summed E-state index contributed by atoms with van der Waals surface area (Å²) >= 11 is 0. The van der Waals surface area contributed by atoms with E-state index in [2.05, 4.69) is 9.71 Å². The van der Waals surface area contributed by atoms with Crippen molar-refractivity contribution >= 4 is 15.9 Å². The molecule has 2 heterocycles. The third kappa shape index (κ3) is 3.06. The number of hydrogen-bond acceptors (Lipinski definition) is 3. The maximum Gasteiger partial charge on any atom is 0.301 e. The number of nitrogens with one attached hydrogen (secondary N) is 1. The largest absolute Gasteiger partial charge is 0.301 e. The van der Waals surface area contributed by atoms with Gasteiger partial charge in [-0.15, -0.1) is 0 Å². The van der Waals surface area contributed by atoms with Crippen LogP contribution in [0.15, 0.2) is 48.8 Å². The molecule has 1 aromatic carbocycles. The van der Waals surface area contributed by atoms with E-state index in [-0.39, 0.29) is 6.54 Å². The van der Waals surface area contributed by atoms with E-state index >= 15 is 0 Å². The number of benzene rings is 1. The average molecular weight is 303 g/mol. The lowest BCUT2D eigenvalue weighted by Crippen LogP contribution is -2.43. The molecule has 0 unspecified atom stereocenters. The standard InChI is InChI=1S/C15H17N3O2S/c19-21(20,17-12-13-7-9-16-10-8-13)18-11-3-5-14-4-1-2-6-15(14)18/h1-2,4,6-10,17H,3,5,11-12H2. The van der Waals surface area contributed by atoms with Gasteiger partial charge >= 0.3 is 10.2 Å². The van der Waals surface area contributed by atoms with Gasteiger partial charge < -0.3 is 0 Å². The van der Waals surface area contributed by atoms with E-state index < -0.39 is 10.2 Å².